The van der Waals surface area contributed by atoms with Crippen LogP contribution in [0.5, 0.6) is 5.88 Å². The molecule has 1 aliphatic carbocycles. The number of carbonyl (C=O) groups is 1. The molecule has 10 nitrogen and oxygen atoms in total. The molecule has 0 radical (unpaired) electrons. The second-order valence-corrected chi connectivity index (χ2v) is 8.34. The molecule has 10 heteroatoms. The van der Waals surface area contributed by atoms with E-state index in [1.54, 1.807) is 0 Å². The maximum atomic E-state index is 12.5. The van der Waals surface area contributed by atoms with Gasteiger partial charge in [-0.15, -0.1) is 0 Å². The number of ether oxygens (including phenoxy) is 2. The molecule has 0 unspecified atom stereocenters. The molecule has 0 bridgehead atoms. The quantitative estimate of drug-likeness (QED) is 0.552. The number of aromatic nitrogens is 2. The summed E-state index contributed by atoms with van der Waals surface area (Å²) in [5.74, 6) is 0.814. The summed E-state index contributed by atoms with van der Waals surface area (Å²) >= 11 is 0. The first-order valence-corrected chi connectivity index (χ1v) is 11.2. The Bertz CT molecular complexity index is 963. The van der Waals surface area contributed by atoms with E-state index < -0.39 is 0 Å². The third kappa shape index (κ3) is 4.42. The van der Waals surface area contributed by atoms with E-state index in [-0.39, 0.29) is 30.6 Å². The van der Waals surface area contributed by atoms with Crippen LogP contribution in [-0.2, 0) is 4.74 Å². The van der Waals surface area contributed by atoms with Crippen LogP contribution in [0.4, 0.5) is 23.1 Å². The Kier molecular flexibility index (Phi) is 5.95. The maximum absolute atomic E-state index is 12.5. The van der Waals surface area contributed by atoms with Crippen LogP contribution in [0.15, 0.2) is 24.3 Å². The SMILES string of the molecule is N[C@H]1CCCC[C@H]1Nc1nc(Nc2ccc(N3CCOCC3)cc2)c2c(n1)OCNC2=O. The number of anilines is 4. The lowest BCUT2D eigenvalue weighted by molar-refractivity contribution is 0.0879. The van der Waals surface area contributed by atoms with Crippen molar-refractivity contribution in [3.63, 3.8) is 0 Å². The van der Waals surface area contributed by atoms with Crippen LogP contribution in [0.1, 0.15) is 36.0 Å². The number of amides is 1. The van der Waals surface area contributed by atoms with E-state index in [4.69, 9.17) is 15.2 Å². The normalized spacial score (nSPS) is 23.0. The molecule has 1 saturated carbocycles. The zero-order valence-electron chi connectivity index (χ0n) is 18.0. The maximum Gasteiger partial charge on any atom is 0.263 e. The lowest BCUT2D eigenvalue weighted by Gasteiger charge is -2.30. The van der Waals surface area contributed by atoms with Crippen LogP contribution < -0.4 is 31.3 Å². The molecule has 0 spiro atoms. The average Bonchev–Trinajstić information content (AvgIpc) is 2.82. The van der Waals surface area contributed by atoms with Gasteiger partial charge in [0.15, 0.2) is 12.5 Å². The monoisotopic (exact) mass is 439 g/mol. The summed E-state index contributed by atoms with van der Waals surface area (Å²) in [5, 5.41) is 9.32. The Morgan fingerprint density at radius 1 is 1.09 bits per heavy atom. The van der Waals surface area contributed by atoms with Gasteiger partial charge in [-0.1, -0.05) is 12.8 Å². The zero-order valence-corrected chi connectivity index (χ0v) is 18.0. The molecule has 3 heterocycles. The minimum Gasteiger partial charge on any atom is -0.456 e. The smallest absolute Gasteiger partial charge is 0.263 e. The van der Waals surface area contributed by atoms with E-state index in [0.717, 1.165) is 63.4 Å². The summed E-state index contributed by atoms with van der Waals surface area (Å²) in [6.07, 6.45) is 4.20. The van der Waals surface area contributed by atoms with Gasteiger partial charge in [0.05, 0.1) is 13.2 Å². The van der Waals surface area contributed by atoms with Crippen LogP contribution in [0, 0.1) is 0 Å². The van der Waals surface area contributed by atoms with E-state index in [1.807, 2.05) is 12.1 Å². The molecule has 2 aromatic rings. The van der Waals surface area contributed by atoms with Gasteiger partial charge in [-0.05, 0) is 37.1 Å². The number of nitrogens with two attached hydrogens (primary N) is 1. The van der Waals surface area contributed by atoms with E-state index in [0.29, 0.717) is 17.3 Å². The number of benzene rings is 1. The van der Waals surface area contributed by atoms with E-state index >= 15 is 0 Å². The lowest BCUT2D eigenvalue weighted by Crippen LogP contribution is -2.43. The van der Waals surface area contributed by atoms with Gasteiger partial charge in [0.1, 0.15) is 5.56 Å². The Morgan fingerprint density at radius 3 is 2.66 bits per heavy atom. The van der Waals surface area contributed by atoms with Crippen LogP contribution >= 0.6 is 0 Å². The summed E-state index contributed by atoms with van der Waals surface area (Å²) in [4.78, 5) is 23.9. The van der Waals surface area contributed by atoms with Crippen molar-refractivity contribution in [3.05, 3.63) is 29.8 Å². The highest BCUT2D eigenvalue weighted by Gasteiger charge is 2.28. The zero-order chi connectivity index (χ0) is 21.9. The van der Waals surface area contributed by atoms with Crippen molar-refractivity contribution < 1.29 is 14.3 Å². The fourth-order valence-corrected chi connectivity index (χ4v) is 4.38. The standard InChI is InChI=1S/C22H29N7O3/c23-16-3-1-2-4-17(16)26-22-27-19(18-20(30)24-13-32-21(18)28-22)25-14-5-7-15(8-6-14)29-9-11-31-12-10-29/h5-8,16-17H,1-4,9-13,23H2,(H,24,30)(H2,25,26,27,28)/t16-,17+/m0/s1. The number of morpholine rings is 1. The predicted octanol–water partition coefficient (Wildman–Crippen LogP) is 1.82. The first kappa shape index (κ1) is 20.8. The summed E-state index contributed by atoms with van der Waals surface area (Å²) in [6.45, 7) is 3.31. The van der Waals surface area contributed by atoms with Gasteiger partial charge in [-0.3, -0.25) is 4.79 Å². The number of rotatable bonds is 5. The highest BCUT2D eigenvalue weighted by molar-refractivity contribution is 6.02. The molecule has 1 saturated heterocycles. The Morgan fingerprint density at radius 2 is 1.88 bits per heavy atom. The largest absolute Gasteiger partial charge is 0.456 e. The summed E-state index contributed by atoms with van der Waals surface area (Å²) in [7, 11) is 0. The molecule has 2 atom stereocenters. The molecule has 1 amide bonds. The van der Waals surface area contributed by atoms with Crippen LogP contribution in [0.3, 0.4) is 0 Å². The van der Waals surface area contributed by atoms with Gasteiger partial charge in [-0.2, -0.15) is 9.97 Å². The first-order valence-electron chi connectivity index (χ1n) is 11.2. The molecular formula is C22H29N7O3. The van der Waals surface area contributed by atoms with Crippen molar-refractivity contribution in [3.8, 4) is 5.88 Å². The fraction of sp³-hybridized carbons (Fsp3) is 0.500. The molecule has 1 aromatic heterocycles. The molecule has 5 N–H and O–H groups in total. The average molecular weight is 440 g/mol. The van der Waals surface area contributed by atoms with E-state index in [9.17, 15) is 4.79 Å². The van der Waals surface area contributed by atoms with Gasteiger partial charge in [0.25, 0.3) is 5.91 Å². The van der Waals surface area contributed by atoms with E-state index in [1.165, 1.54) is 0 Å². The van der Waals surface area contributed by atoms with E-state index in [2.05, 4.69) is 43.0 Å². The van der Waals surface area contributed by atoms with Crippen molar-refractivity contribution >= 4 is 29.0 Å². The van der Waals surface area contributed by atoms with Crippen molar-refractivity contribution in [2.45, 2.75) is 37.8 Å². The van der Waals surface area contributed by atoms with Crippen LogP contribution in [0.25, 0.3) is 0 Å². The molecular weight excluding hydrogens is 410 g/mol. The summed E-state index contributed by atoms with van der Waals surface area (Å²) < 4.78 is 11.0. The van der Waals surface area contributed by atoms with Crippen LogP contribution in [-0.4, -0.2) is 61.0 Å². The molecule has 2 aliphatic heterocycles. The van der Waals surface area contributed by atoms with Gasteiger partial charge in [0, 0.05) is 36.5 Å². The minimum absolute atomic E-state index is 0.0525. The summed E-state index contributed by atoms with van der Waals surface area (Å²) in [5.41, 5.74) is 8.54. The Balaban J connectivity index is 1.39. The molecule has 32 heavy (non-hydrogen) atoms. The number of carbonyl (C=O) groups excluding carboxylic acids is 1. The van der Waals surface area contributed by atoms with Gasteiger partial charge >= 0.3 is 0 Å². The number of nitrogens with one attached hydrogen (secondary N) is 3. The number of hydrogen-bond acceptors (Lipinski definition) is 9. The van der Waals surface area contributed by atoms with Crippen molar-refractivity contribution in [2.75, 3.05) is 48.6 Å². The highest BCUT2D eigenvalue weighted by atomic mass is 16.5. The third-order valence-corrected chi connectivity index (χ3v) is 6.18. The van der Waals surface area contributed by atoms with Crippen molar-refractivity contribution in [1.82, 2.24) is 15.3 Å². The molecule has 5 rings (SSSR count). The molecule has 170 valence electrons. The Labute approximate surface area is 186 Å². The highest BCUT2D eigenvalue weighted by Crippen LogP contribution is 2.31. The first-order chi connectivity index (χ1) is 15.7. The van der Waals surface area contributed by atoms with Crippen molar-refractivity contribution in [1.29, 1.82) is 0 Å². The number of hydrogen-bond donors (Lipinski definition) is 4. The van der Waals surface area contributed by atoms with Crippen molar-refractivity contribution in [2.24, 2.45) is 5.73 Å². The number of nitrogens with zero attached hydrogens (tertiary/aromatic N) is 3. The summed E-state index contributed by atoms with van der Waals surface area (Å²) in [6, 6.07) is 8.21. The second-order valence-electron chi connectivity index (χ2n) is 8.34. The molecule has 2 fully saturated rings. The third-order valence-electron chi connectivity index (χ3n) is 6.18. The van der Waals surface area contributed by atoms with Gasteiger partial charge in [0.2, 0.25) is 11.8 Å². The van der Waals surface area contributed by atoms with Crippen LogP contribution in [0.2, 0.25) is 0 Å². The second kappa shape index (κ2) is 9.17. The van der Waals surface area contributed by atoms with Gasteiger partial charge < -0.3 is 36.1 Å². The topological polar surface area (TPSA) is 127 Å². The Hall–Kier alpha value is -3.11. The fourth-order valence-electron chi connectivity index (χ4n) is 4.38. The molecule has 3 aliphatic rings. The molecule has 1 aromatic carbocycles. The lowest BCUT2D eigenvalue weighted by atomic mass is 9.91. The minimum atomic E-state index is -0.264. The van der Waals surface area contributed by atoms with Gasteiger partial charge in [-0.25, -0.2) is 0 Å². The predicted molar refractivity (Wildman–Crippen MR) is 122 cm³/mol. The number of fused-ring (bicyclic) bond motifs is 1.